The number of nitriles is 1. The zero-order chi connectivity index (χ0) is 20.3. The summed E-state index contributed by atoms with van der Waals surface area (Å²) >= 11 is 5.56. The van der Waals surface area contributed by atoms with Crippen molar-refractivity contribution in [3.8, 4) is 6.07 Å². The minimum atomic E-state index is -5.37. The van der Waals surface area contributed by atoms with E-state index in [4.69, 9.17) is 16.9 Å². The molecule has 0 aliphatic rings. The van der Waals surface area contributed by atoms with Gasteiger partial charge < -0.3 is 15.4 Å². The predicted molar refractivity (Wildman–Crippen MR) is 79.4 cm³/mol. The molecule has 0 amide bonds. The molecule has 0 radical (unpaired) electrons. The van der Waals surface area contributed by atoms with Gasteiger partial charge >= 0.3 is 12.4 Å². The Morgan fingerprint density at radius 2 is 1.88 bits per heavy atom. The third kappa shape index (κ3) is 4.90. The lowest BCUT2D eigenvalue weighted by Crippen LogP contribution is -2.60. The van der Waals surface area contributed by atoms with E-state index < -0.39 is 40.1 Å². The molecule has 0 spiro atoms. The Balaban J connectivity index is 3.19. The molecule has 1 heterocycles. The maximum atomic E-state index is 13.3. The number of alkyl halides is 6. The molecule has 26 heavy (non-hydrogen) atoms. The molecular weight excluding hydrogens is 392 g/mol. The molecule has 0 fully saturated rings. The van der Waals surface area contributed by atoms with Crippen LogP contribution in [0.2, 0.25) is 5.02 Å². The molecule has 0 saturated carbocycles. The van der Waals surface area contributed by atoms with E-state index in [9.17, 15) is 31.4 Å². The zero-order valence-electron chi connectivity index (χ0n) is 13.2. The van der Waals surface area contributed by atoms with Crippen molar-refractivity contribution in [3.63, 3.8) is 0 Å². The van der Waals surface area contributed by atoms with E-state index in [2.05, 4.69) is 4.98 Å². The molecule has 1 aromatic heterocycles. The number of hydrazine groups is 1. The van der Waals surface area contributed by atoms with E-state index in [1.54, 1.807) is 5.43 Å². The molecule has 0 bridgehead atoms. The second-order valence-electron chi connectivity index (χ2n) is 5.13. The summed E-state index contributed by atoms with van der Waals surface area (Å²) in [5.41, 5.74) is -2.98. The second-order valence-corrected chi connectivity index (χ2v) is 5.54. The predicted octanol–water partition coefficient (Wildman–Crippen LogP) is 2.89. The van der Waals surface area contributed by atoms with Gasteiger partial charge in [-0.1, -0.05) is 11.6 Å². The van der Waals surface area contributed by atoms with Gasteiger partial charge in [-0.15, -0.1) is 0 Å². The summed E-state index contributed by atoms with van der Waals surface area (Å²) in [5, 5.41) is 18.2. The molecule has 1 rings (SSSR count). The monoisotopic (exact) mass is 403 g/mol. The molecule has 144 valence electrons. The highest BCUT2D eigenvalue weighted by Crippen LogP contribution is 2.35. The molecule has 6 nitrogen and oxygen atoms in total. The Morgan fingerprint density at radius 1 is 1.31 bits per heavy atom. The van der Waals surface area contributed by atoms with Crippen LogP contribution in [-0.4, -0.2) is 41.0 Å². The van der Waals surface area contributed by atoms with Crippen LogP contribution in [0.1, 0.15) is 5.56 Å². The summed E-state index contributed by atoms with van der Waals surface area (Å²) in [6.07, 6.45) is -9.07. The summed E-state index contributed by atoms with van der Waals surface area (Å²) in [6, 6.07) is 1.64. The fraction of sp³-hybridized carbons (Fsp3) is 0.385. The van der Waals surface area contributed by atoms with E-state index in [0.29, 0.717) is 18.5 Å². The Kier molecular flexibility index (Phi) is 6.35. The number of hydrogen-bond donors (Lipinski definition) is 3. The first-order chi connectivity index (χ1) is 11.7. The third-order valence-corrected chi connectivity index (χ3v) is 3.13. The fourth-order valence-corrected chi connectivity index (χ4v) is 1.80. The number of pyridine rings is 1. The van der Waals surface area contributed by atoms with Crippen LogP contribution in [0, 0.1) is 11.3 Å². The van der Waals surface area contributed by atoms with Gasteiger partial charge in [0, 0.05) is 26.5 Å². The Hall–Kier alpha value is -2.23. The quantitative estimate of drug-likeness (QED) is 0.303. The van der Waals surface area contributed by atoms with Crippen LogP contribution in [-0.2, 0) is 6.18 Å². The van der Waals surface area contributed by atoms with Crippen LogP contribution >= 0.6 is 11.6 Å². The standard InChI is InChI=1S/C13H12ClF6N5O/c1-25(2)6-8(4-21)11(26,13(18,19)20)24-23-10-9(14)3-7(5-22-10)12(15,16)17/h3,5-6,24,26H,1-2H3,(H,22,23)/b8-6+/t11-/m0/s1. The Bertz CT molecular complexity index is 727. The summed E-state index contributed by atoms with van der Waals surface area (Å²) in [4.78, 5) is 4.34. The fourth-order valence-electron chi connectivity index (χ4n) is 1.59. The number of aromatic nitrogens is 1. The topological polar surface area (TPSA) is 84.2 Å². The number of nitrogens with one attached hydrogen (secondary N) is 2. The van der Waals surface area contributed by atoms with Gasteiger partial charge in [-0.05, 0) is 6.07 Å². The van der Waals surface area contributed by atoms with Gasteiger partial charge in [-0.25, -0.2) is 4.98 Å². The molecule has 1 atom stereocenters. The van der Waals surface area contributed by atoms with Crippen molar-refractivity contribution in [1.29, 1.82) is 5.26 Å². The van der Waals surface area contributed by atoms with E-state index in [0.717, 1.165) is 4.90 Å². The highest BCUT2D eigenvalue weighted by molar-refractivity contribution is 6.32. The number of hydrogen-bond acceptors (Lipinski definition) is 6. The van der Waals surface area contributed by atoms with Crippen LogP contribution in [0.15, 0.2) is 24.0 Å². The van der Waals surface area contributed by atoms with Crippen LogP contribution in [0.4, 0.5) is 32.2 Å². The van der Waals surface area contributed by atoms with Gasteiger partial charge in [0.2, 0.25) is 0 Å². The molecule has 13 heteroatoms. The SMILES string of the molecule is CN(C)/C=C(\C#N)[C@@](O)(NNc1ncc(C(F)(F)F)cc1Cl)C(F)(F)F. The average molecular weight is 404 g/mol. The minimum absolute atomic E-state index is 0.337. The van der Waals surface area contributed by atoms with Crippen molar-refractivity contribution in [2.45, 2.75) is 18.1 Å². The highest BCUT2D eigenvalue weighted by Gasteiger charge is 2.57. The van der Waals surface area contributed by atoms with Crippen LogP contribution < -0.4 is 10.9 Å². The maximum Gasteiger partial charge on any atom is 0.438 e. The van der Waals surface area contributed by atoms with Gasteiger partial charge in [0.1, 0.15) is 11.6 Å². The minimum Gasteiger partial charge on any atom is -0.383 e. The molecule has 1 aromatic rings. The highest BCUT2D eigenvalue weighted by atomic mass is 35.5. The number of nitrogens with zero attached hydrogens (tertiary/aromatic N) is 3. The normalized spacial score (nSPS) is 15.2. The molecule has 0 aromatic carbocycles. The summed E-state index contributed by atoms with van der Waals surface area (Å²) in [7, 11) is 2.63. The first-order valence-electron chi connectivity index (χ1n) is 6.56. The van der Waals surface area contributed by atoms with Crippen molar-refractivity contribution in [2.24, 2.45) is 0 Å². The molecule has 0 unspecified atom stereocenters. The number of aliphatic hydroxyl groups is 1. The van der Waals surface area contributed by atoms with Crippen molar-refractivity contribution in [1.82, 2.24) is 15.3 Å². The van der Waals surface area contributed by atoms with Crippen molar-refractivity contribution < 1.29 is 31.4 Å². The van der Waals surface area contributed by atoms with E-state index in [1.807, 2.05) is 0 Å². The van der Waals surface area contributed by atoms with E-state index >= 15 is 0 Å². The maximum absolute atomic E-state index is 13.3. The third-order valence-electron chi connectivity index (χ3n) is 2.84. The van der Waals surface area contributed by atoms with Gasteiger partial charge in [0.05, 0.1) is 10.6 Å². The first kappa shape index (κ1) is 21.8. The summed E-state index contributed by atoms with van der Waals surface area (Å²) in [5.74, 6) is -0.621. The molecular formula is C13H12ClF6N5O. The lowest BCUT2D eigenvalue weighted by molar-refractivity contribution is -0.252. The van der Waals surface area contributed by atoms with Gasteiger partial charge in [-0.2, -0.15) is 37.0 Å². The Morgan fingerprint density at radius 3 is 2.27 bits per heavy atom. The summed E-state index contributed by atoms with van der Waals surface area (Å²) < 4.78 is 77.3. The Labute approximate surface area is 148 Å². The molecule has 0 aliphatic carbocycles. The second kappa shape index (κ2) is 7.56. The number of rotatable bonds is 5. The summed E-state index contributed by atoms with van der Waals surface area (Å²) in [6.45, 7) is 0. The zero-order valence-corrected chi connectivity index (χ0v) is 13.9. The van der Waals surface area contributed by atoms with Crippen LogP contribution in [0.5, 0.6) is 0 Å². The van der Waals surface area contributed by atoms with E-state index in [1.165, 1.54) is 25.6 Å². The average Bonchev–Trinajstić information content (AvgIpc) is 2.48. The van der Waals surface area contributed by atoms with Crippen LogP contribution in [0.3, 0.4) is 0 Å². The van der Waals surface area contributed by atoms with E-state index in [-0.39, 0.29) is 0 Å². The smallest absolute Gasteiger partial charge is 0.383 e. The molecule has 0 saturated heterocycles. The van der Waals surface area contributed by atoms with Crippen molar-refractivity contribution >= 4 is 17.4 Å². The van der Waals surface area contributed by atoms with Gasteiger partial charge in [0.25, 0.3) is 5.72 Å². The number of anilines is 1. The largest absolute Gasteiger partial charge is 0.438 e. The molecule has 0 aliphatic heterocycles. The van der Waals surface area contributed by atoms with Crippen LogP contribution in [0.25, 0.3) is 0 Å². The lowest BCUT2D eigenvalue weighted by atomic mass is 10.1. The van der Waals surface area contributed by atoms with Gasteiger partial charge in [-0.3, -0.25) is 0 Å². The first-order valence-corrected chi connectivity index (χ1v) is 6.94. The molecule has 3 N–H and O–H groups in total. The van der Waals surface area contributed by atoms with Crippen molar-refractivity contribution in [2.75, 3.05) is 19.5 Å². The number of halogens is 7. The lowest BCUT2D eigenvalue weighted by Gasteiger charge is -2.31. The van der Waals surface area contributed by atoms with Crippen molar-refractivity contribution in [3.05, 3.63) is 34.6 Å². The van der Waals surface area contributed by atoms with Gasteiger partial charge in [0.15, 0.2) is 5.82 Å².